The average Bonchev–Trinajstić information content (AvgIpc) is 2.17. The molecule has 3 heteroatoms. The Kier molecular flexibility index (Phi) is 2.24. The van der Waals surface area contributed by atoms with Gasteiger partial charge in [0, 0.05) is 17.6 Å². The van der Waals surface area contributed by atoms with E-state index in [9.17, 15) is 9.90 Å². The lowest BCUT2D eigenvalue weighted by molar-refractivity contribution is -0.183. The van der Waals surface area contributed by atoms with Gasteiger partial charge < -0.3 is 9.84 Å². The lowest BCUT2D eigenvalue weighted by atomic mass is 10.0. The molecule has 0 amide bonds. The van der Waals surface area contributed by atoms with E-state index >= 15 is 0 Å². The molecule has 0 aromatic heterocycles. The maximum atomic E-state index is 11.0. The molecular weight excluding hydrogens is 156 g/mol. The highest BCUT2D eigenvalue weighted by molar-refractivity contribution is 5.91. The van der Waals surface area contributed by atoms with Crippen LogP contribution in [0.25, 0.3) is 0 Å². The van der Waals surface area contributed by atoms with E-state index in [2.05, 4.69) is 0 Å². The van der Waals surface area contributed by atoms with Gasteiger partial charge in [-0.3, -0.25) is 0 Å². The fourth-order valence-corrected chi connectivity index (χ4v) is 1.33. The lowest BCUT2D eigenvalue weighted by Crippen LogP contribution is -2.30. The SMILES string of the molecule is CCC[C@]1(O)OC(=O)C(C)=C1C. The summed E-state index contributed by atoms with van der Waals surface area (Å²) in [5.74, 6) is -1.72. The van der Waals surface area contributed by atoms with Crippen molar-refractivity contribution in [3.8, 4) is 0 Å². The van der Waals surface area contributed by atoms with Gasteiger partial charge in [0.1, 0.15) is 0 Å². The molecule has 1 aliphatic rings. The highest BCUT2D eigenvalue weighted by Gasteiger charge is 2.41. The van der Waals surface area contributed by atoms with Crippen LogP contribution in [0.15, 0.2) is 11.1 Å². The van der Waals surface area contributed by atoms with E-state index < -0.39 is 11.8 Å². The molecule has 0 aromatic carbocycles. The summed E-state index contributed by atoms with van der Waals surface area (Å²) in [5.41, 5.74) is 1.18. The topological polar surface area (TPSA) is 46.5 Å². The summed E-state index contributed by atoms with van der Waals surface area (Å²) < 4.78 is 4.86. The first-order valence-electron chi connectivity index (χ1n) is 4.15. The largest absolute Gasteiger partial charge is 0.426 e. The highest BCUT2D eigenvalue weighted by Crippen LogP contribution is 2.33. The van der Waals surface area contributed by atoms with E-state index in [-0.39, 0.29) is 0 Å². The number of carbonyl (C=O) groups excluding carboxylic acids is 1. The van der Waals surface area contributed by atoms with Crippen LogP contribution in [0.3, 0.4) is 0 Å². The first kappa shape index (κ1) is 9.26. The van der Waals surface area contributed by atoms with Crippen molar-refractivity contribution in [1.29, 1.82) is 0 Å². The molecule has 3 nitrogen and oxygen atoms in total. The molecule has 0 saturated heterocycles. The maximum Gasteiger partial charge on any atom is 0.336 e. The molecule has 68 valence electrons. The number of cyclic esters (lactones) is 1. The molecule has 1 N–H and O–H groups in total. The predicted octanol–water partition coefficient (Wildman–Crippen LogP) is 1.37. The number of ether oxygens (including phenoxy) is 1. The molecule has 1 aliphatic heterocycles. The second kappa shape index (κ2) is 2.90. The minimum atomic E-state index is -1.32. The third-order valence-electron chi connectivity index (χ3n) is 2.31. The van der Waals surface area contributed by atoms with Crippen LogP contribution >= 0.6 is 0 Å². The molecule has 0 aromatic rings. The third kappa shape index (κ3) is 1.25. The summed E-state index contributed by atoms with van der Waals surface area (Å²) in [6, 6.07) is 0. The van der Waals surface area contributed by atoms with Crippen molar-refractivity contribution in [1.82, 2.24) is 0 Å². The fraction of sp³-hybridized carbons (Fsp3) is 0.667. The van der Waals surface area contributed by atoms with Gasteiger partial charge in [-0.15, -0.1) is 0 Å². The first-order chi connectivity index (χ1) is 5.51. The Labute approximate surface area is 72.0 Å². The van der Waals surface area contributed by atoms with Gasteiger partial charge in [0.2, 0.25) is 5.79 Å². The van der Waals surface area contributed by atoms with Crippen molar-refractivity contribution in [3.05, 3.63) is 11.1 Å². The van der Waals surface area contributed by atoms with Crippen molar-refractivity contribution in [2.75, 3.05) is 0 Å². The van der Waals surface area contributed by atoms with Crippen molar-refractivity contribution < 1.29 is 14.6 Å². The number of hydrogen-bond acceptors (Lipinski definition) is 3. The molecule has 0 fully saturated rings. The Morgan fingerprint density at radius 3 is 2.42 bits per heavy atom. The quantitative estimate of drug-likeness (QED) is 0.636. The zero-order valence-electron chi connectivity index (χ0n) is 7.68. The minimum absolute atomic E-state index is 0.400. The monoisotopic (exact) mass is 170 g/mol. The summed E-state index contributed by atoms with van der Waals surface area (Å²) >= 11 is 0. The van der Waals surface area contributed by atoms with Crippen LogP contribution in [0.5, 0.6) is 0 Å². The van der Waals surface area contributed by atoms with E-state index in [0.717, 1.165) is 6.42 Å². The van der Waals surface area contributed by atoms with Crippen LogP contribution in [0, 0.1) is 0 Å². The van der Waals surface area contributed by atoms with E-state index in [4.69, 9.17) is 4.74 Å². The van der Waals surface area contributed by atoms with Gasteiger partial charge in [0.15, 0.2) is 0 Å². The molecular formula is C9H14O3. The van der Waals surface area contributed by atoms with Gasteiger partial charge >= 0.3 is 5.97 Å². The molecule has 0 radical (unpaired) electrons. The molecule has 1 atom stereocenters. The van der Waals surface area contributed by atoms with Crippen molar-refractivity contribution in [2.45, 2.75) is 39.4 Å². The van der Waals surface area contributed by atoms with Crippen molar-refractivity contribution in [2.24, 2.45) is 0 Å². The normalized spacial score (nSPS) is 29.5. The van der Waals surface area contributed by atoms with Crippen LogP contribution in [-0.2, 0) is 9.53 Å². The van der Waals surface area contributed by atoms with Crippen molar-refractivity contribution >= 4 is 5.97 Å². The Morgan fingerprint density at radius 1 is 1.50 bits per heavy atom. The molecule has 0 aliphatic carbocycles. The molecule has 0 bridgehead atoms. The standard InChI is InChI=1S/C9H14O3/c1-4-5-9(11)7(3)6(2)8(10)12-9/h11H,4-5H2,1-3H3/t9-/m0/s1. The van der Waals surface area contributed by atoms with Gasteiger partial charge in [0.05, 0.1) is 0 Å². The highest BCUT2D eigenvalue weighted by atomic mass is 16.7. The van der Waals surface area contributed by atoms with E-state index in [1.54, 1.807) is 13.8 Å². The van der Waals surface area contributed by atoms with E-state index in [1.807, 2.05) is 6.92 Å². The van der Waals surface area contributed by atoms with Crippen LogP contribution in [0.2, 0.25) is 0 Å². The molecule has 1 rings (SSSR count). The zero-order chi connectivity index (χ0) is 9.35. The van der Waals surface area contributed by atoms with Crippen LogP contribution < -0.4 is 0 Å². The molecule has 12 heavy (non-hydrogen) atoms. The maximum absolute atomic E-state index is 11.0. The summed E-state index contributed by atoms with van der Waals surface area (Å²) in [7, 11) is 0. The van der Waals surface area contributed by atoms with Crippen LogP contribution in [0.1, 0.15) is 33.6 Å². The third-order valence-corrected chi connectivity index (χ3v) is 2.31. The van der Waals surface area contributed by atoms with Gasteiger partial charge in [-0.1, -0.05) is 6.92 Å². The summed E-state index contributed by atoms with van der Waals surface area (Å²) in [6.07, 6.45) is 1.26. The second-order valence-electron chi connectivity index (χ2n) is 3.17. The average molecular weight is 170 g/mol. The fourth-order valence-electron chi connectivity index (χ4n) is 1.33. The summed E-state index contributed by atoms with van der Waals surface area (Å²) in [6.45, 7) is 5.34. The Morgan fingerprint density at radius 2 is 2.08 bits per heavy atom. The second-order valence-corrected chi connectivity index (χ2v) is 3.17. The molecule has 1 heterocycles. The van der Waals surface area contributed by atoms with Crippen LogP contribution in [-0.4, -0.2) is 16.9 Å². The molecule has 0 spiro atoms. The Balaban J connectivity index is 2.91. The Hall–Kier alpha value is -0.830. The number of hydrogen-bond donors (Lipinski definition) is 1. The number of esters is 1. The molecule has 0 unspecified atom stereocenters. The van der Waals surface area contributed by atoms with E-state index in [0.29, 0.717) is 17.6 Å². The summed E-state index contributed by atoms with van der Waals surface area (Å²) in [5, 5.41) is 9.80. The summed E-state index contributed by atoms with van der Waals surface area (Å²) in [4.78, 5) is 11.0. The zero-order valence-corrected chi connectivity index (χ0v) is 7.68. The smallest absolute Gasteiger partial charge is 0.336 e. The van der Waals surface area contributed by atoms with Gasteiger partial charge in [-0.25, -0.2) is 4.79 Å². The lowest BCUT2D eigenvalue weighted by Gasteiger charge is -2.22. The van der Waals surface area contributed by atoms with Gasteiger partial charge in [-0.05, 0) is 20.3 Å². The van der Waals surface area contributed by atoms with Crippen LogP contribution in [0.4, 0.5) is 0 Å². The first-order valence-corrected chi connectivity index (χ1v) is 4.15. The Bertz CT molecular complexity index is 242. The van der Waals surface area contributed by atoms with E-state index in [1.165, 1.54) is 0 Å². The van der Waals surface area contributed by atoms with Gasteiger partial charge in [0.25, 0.3) is 0 Å². The van der Waals surface area contributed by atoms with Gasteiger partial charge in [-0.2, -0.15) is 0 Å². The minimum Gasteiger partial charge on any atom is -0.426 e. The molecule has 0 saturated carbocycles. The number of rotatable bonds is 2. The number of aliphatic hydroxyl groups is 1. The predicted molar refractivity (Wildman–Crippen MR) is 44.3 cm³/mol. The number of carbonyl (C=O) groups is 1. The van der Waals surface area contributed by atoms with Crippen molar-refractivity contribution in [3.63, 3.8) is 0 Å².